The first kappa shape index (κ1) is 40.3. The van der Waals surface area contributed by atoms with Gasteiger partial charge in [0.2, 0.25) is 5.91 Å². The van der Waals surface area contributed by atoms with Crippen LogP contribution in [0.5, 0.6) is 11.5 Å². The Kier molecular flexibility index (Phi) is 12.7. The van der Waals surface area contributed by atoms with Crippen molar-refractivity contribution in [2.45, 2.75) is 44.1 Å². The molecule has 0 radical (unpaired) electrons. The molecule has 0 atom stereocenters. The predicted molar refractivity (Wildman–Crippen MR) is 224 cm³/mol. The molecule has 7 rings (SSSR count). The molecule has 0 saturated carbocycles. The Labute approximate surface area is 343 Å². The van der Waals surface area contributed by atoms with Gasteiger partial charge in [-0.2, -0.15) is 0 Å². The van der Waals surface area contributed by atoms with Crippen LogP contribution in [0.25, 0.3) is 11.1 Å². The minimum atomic E-state index is -1.09. The highest BCUT2D eigenvalue weighted by Gasteiger charge is 2.38. The molecule has 3 N–H and O–H groups in total. The molecule has 1 aliphatic carbocycles. The number of rotatable bonds is 17. The van der Waals surface area contributed by atoms with Crippen molar-refractivity contribution in [2.24, 2.45) is 5.73 Å². The first-order chi connectivity index (χ1) is 28.8. The lowest BCUT2D eigenvalue weighted by Gasteiger charge is -2.36. The zero-order valence-corrected chi connectivity index (χ0v) is 33.0. The molecule has 6 aromatic rings. The molecule has 0 aromatic heterocycles. The second kappa shape index (κ2) is 18.6. The van der Waals surface area contributed by atoms with E-state index in [0.29, 0.717) is 17.1 Å². The van der Waals surface area contributed by atoms with E-state index in [0.717, 1.165) is 50.1 Å². The number of hydrogen-bond acceptors (Lipinski definition) is 8. The number of fused-ring (bicyclic) bond motifs is 3. The van der Waals surface area contributed by atoms with Crippen LogP contribution in [0.1, 0.15) is 63.3 Å². The van der Waals surface area contributed by atoms with Crippen LogP contribution in [0, 0.1) is 0 Å². The zero-order valence-electron chi connectivity index (χ0n) is 33.0. The third kappa shape index (κ3) is 9.29. The van der Waals surface area contributed by atoms with Crippen LogP contribution in [0.4, 0.5) is 4.79 Å². The van der Waals surface area contributed by atoms with Crippen molar-refractivity contribution in [3.05, 3.63) is 190 Å². The fourth-order valence-corrected chi connectivity index (χ4v) is 7.66. The molecule has 0 heterocycles. The number of benzene rings is 6. The van der Waals surface area contributed by atoms with Gasteiger partial charge in [-0.05, 0) is 79.9 Å². The van der Waals surface area contributed by atoms with Crippen LogP contribution >= 0.6 is 0 Å². The van der Waals surface area contributed by atoms with Gasteiger partial charge in [0.15, 0.2) is 0 Å². The Morgan fingerprint density at radius 2 is 1.10 bits per heavy atom. The minimum Gasteiger partial charge on any atom is -0.497 e. The quantitative estimate of drug-likeness (QED) is 0.0694. The van der Waals surface area contributed by atoms with Crippen LogP contribution in [0.2, 0.25) is 0 Å². The molecule has 0 aliphatic heterocycles. The van der Waals surface area contributed by atoms with Gasteiger partial charge >= 0.3 is 12.1 Å². The molecule has 2 amide bonds. The standard InChI is InChI=1S/C49H46N2O8/c1-55-39-20-16-37(17-21-39)49(36-10-4-3-5-11-36,38-18-22-40(56-2)23-19-38)59-31-35-27-33(26-34(28-35)30-57-47(53)25-24-46(50)52)29-51-48(54)58-32-45-43-14-8-6-12-41(43)42-13-7-9-15-44(42)45/h3-23,26-28,45H,24-25,29-32H2,1-2H3,(H2,50,52)(H,51,54). The van der Waals surface area contributed by atoms with Crippen LogP contribution in [-0.2, 0) is 49.2 Å². The van der Waals surface area contributed by atoms with Crippen LogP contribution in [-0.4, -0.2) is 38.8 Å². The van der Waals surface area contributed by atoms with E-state index in [-0.39, 0.29) is 45.1 Å². The summed E-state index contributed by atoms with van der Waals surface area (Å²) in [5.41, 5.74) is 13.5. The van der Waals surface area contributed by atoms with E-state index in [9.17, 15) is 14.4 Å². The summed E-state index contributed by atoms with van der Waals surface area (Å²) in [6.07, 6.45) is -0.798. The van der Waals surface area contributed by atoms with Gasteiger partial charge in [-0.25, -0.2) is 4.79 Å². The van der Waals surface area contributed by atoms with E-state index >= 15 is 0 Å². The molecule has 6 aromatic carbocycles. The average Bonchev–Trinajstić information content (AvgIpc) is 3.60. The van der Waals surface area contributed by atoms with E-state index in [4.69, 9.17) is 29.4 Å². The van der Waals surface area contributed by atoms with Crippen LogP contribution in [0.15, 0.2) is 146 Å². The van der Waals surface area contributed by atoms with Gasteiger partial charge in [-0.3, -0.25) is 9.59 Å². The number of carbonyl (C=O) groups excluding carboxylic acids is 3. The van der Waals surface area contributed by atoms with Crippen molar-refractivity contribution in [3.63, 3.8) is 0 Å². The maximum absolute atomic E-state index is 13.2. The van der Waals surface area contributed by atoms with Crippen molar-refractivity contribution in [2.75, 3.05) is 20.8 Å². The average molecular weight is 791 g/mol. The number of alkyl carbamates (subject to hydrolysis) is 1. The highest BCUT2D eigenvalue weighted by molar-refractivity contribution is 5.80. The second-order valence-corrected chi connectivity index (χ2v) is 14.3. The number of amides is 2. The summed E-state index contributed by atoms with van der Waals surface area (Å²) in [6, 6.07) is 47.6. The number of nitrogens with one attached hydrogen (secondary N) is 1. The summed E-state index contributed by atoms with van der Waals surface area (Å²) >= 11 is 0. The highest BCUT2D eigenvalue weighted by atomic mass is 16.5. The Hall–Kier alpha value is -6.91. The van der Waals surface area contributed by atoms with Crippen molar-refractivity contribution in [3.8, 4) is 22.6 Å². The normalized spacial score (nSPS) is 11.9. The fraction of sp³-hybridized carbons (Fsp3) is 0.204. The van der Waals surface area contributed by atoms with E-state index in [2.05, 4.69) is 29.6 Å². The van der Waals surface area contributed by atoms with Gasteiger partial charge < -0.3 is 34.7 Å². The number of hydrogen-bond donors (Lipinski definition) is 2. The van der Waals surface area contributed by atoms with Gasteiger partial charge in [-0.15, -0.1) is 0 Å². The molecule has 300 valence electrons. The van der Waals surface area contributed by atoms with Gasteiger partial charge in [0, 0.05) is 18.9 Å². The molecule has 0 unspecified atom stereocenters. The summed E-state index contributed by atoms with van der Waals surface area (Å²) < 4.78 is 29.5. The Bertz CT molecular complexity index is 2300. The van der Waals surface area contributed by atoms with E-state index in [1.165, 1.54) is 0 Å². The van der Waals surface area contributed by atoms with E-state index < -0.39 is 23.6 Å². The first-order valence-electron chi connectivity index (χ1n) is 19.4. The molecule has 0 bridgehead atoms. The van der Waals surface area contributed by atoms with Crippen molar-refractivity contribution < 1.29 is 38.1 Å². The molecule has 10 heteroatoms. The summed E-state index contributed by atoms with van der Waals surface area (Å²) in [5.74, 6) is 0.198. The van der Waals surface area contributed by atoms with Crippen LogP contribution in [0.3, 0.4) is 0 Å². The number of esters is 1. The monoisotopic (exact) mass is 790 g/mol. The summed E-state index contributed by atoms with van der Waals surface area (Å²) in [6.45, 7) is 0.366. The number of methoxy groups -OCH3 is 2. The number of nitrogens with two attached hydrogens (primary N) is 1. The van der Waals surface area contributed by atoms with Crippen LogP contribution < -0.4 is 20.5 Å². The maximum Gasteiger partial charge on any atom is 0.407 e. The summed E-state index contributed by atoms with van der Waals surface area (Å²) in [4.78, 5) is 37.1. The SMILES string of the molecule is COc1ccc(C(OCc2cc(CNC(=O)OCC3c4ccccc4-c4ccccc43)cc(COC(=O)CCC(N)=O)c2)(c2ccccc2)c2ccc(OC)cc2)cc1. The van der Waals surface area contributed by atoms with Gasteiger partial charge in [-0.1, -0.05) is 121 Å². The summed E-state index contributed by atoms with van der Waals surface area (Å²) in [5, 5.41) is 2.91. The molecule has 59 heavy (non-hydrogen) atoms. The lowest BCUT2D eigenvalue weighted by Crippen LogP contribution is -2.33. The maximum atomic E-state index is 13.2. The topological polar surface area (TPSA) is 135 Å². The molecule has 1 aliphatic rings. The third-order valence-electron chi connectivity index (χ3n) is 10.5. The van der Waals surface area contributed by atoms with Crippen molar-refractivity contribution >= 4 is 18.0 Å². The summed E-state index contributed by atoms with van der Waals surface area (Å²) in [7, 11) is 3.25. The number of primary amides is 1. The molecule has 0 saturated heterocycles. The zero-order chi connectivity index (χ0) is 41.2. The molecule has 0 fully saturated rings. The lowest BCUT2D eigenvalue weighted by molar-refractivity contribution is -0.146. The number of carbonyl (C=O) groups is 3. The lowest BCUT2D eigenvalue weighted by atomic mass is 9.80. The van der Waals surface area contributed by atoms with Crippen molar-refractivity contribution in [1.29, 1.82) is 0 Å². The van der Waals surface area contributed by atoms with Gasteiger partial charge in [0.05, 0.1) is 27.2 Å². The largest absolute Gasteiger partial charge is 0.497 e. The molecule has 10 nitrogen and oxygen atoms in total. The highest BCUT2D eigenvalue weighted by Crippen LogP contribution is 2.45. The predicted octanol–water partition coefficient (Wildman–Crippen LogP) is 8.56. The van der Waals surface area contributed by atoms with Gasteiger partial charge in [0.1, 0.15) is 30.3 Å². The Morgan fingerprint density at radius 3 is 1.66 bits per heavy atom. The second-order valence-electron chi connectivity index (χ2n) is 14.3. The first-order valence-corrected chi connectivity index (χ1v) is 19.4. The Balaban J connectivity index is 1.15. The molecular weight excluding hydrogens is 745 g/mol. The fourth-order valence-electron chi connectivity index (χ4n) is 7.66. The van der Waals surface area contributed by atoms with E-state index in [1.807, 2.05) is 121 Å². The molecular formula is C49H46N2O8. The minimum absolute atomic E-state index is 0.0653. The third-order valence-corrected chi connectivity index (χ3v) is 10.5. The number of ether oxygens (including phenoxy) is 5. The van der Waals surface area contributed by atoms with Crippen molar-refractivity contribution in [1.82, 2.24) is 5.32 Å². The van der Waals surface area contributed by atoms with Gasteiger partial charge in [0.25, 0.3) is 0 Å². The Morgan fingerprint density at radius 1 is 0.593 bits per heavy atom. The molecule has 0 spiro atoms. The van der Waals surface area contributed by atoms with E-state index in [1.54, 1.807) is 14.2 Å². The smallest absolute Gasteiger partial charge is 0.407 e.